The van der Waals surface area contributed by atoms with Crippen LogP contribution in [0.15, 0.2) is 30.5 Å². The Labute approximate surface area is 159 Å². The molecule has 1 heterocycles. The zero-order valence-corrected chi connectivity index (χ0v) is 16.1. The van der Waals surface area contributed by atoms with E-state index in [0.29, 0.717) is 34.9 Å². The van der Waals surface area contributed by atoms with Crippen LogP contribution in [0.1, 0.15) is 29.3 Å². The molecule has 0 saturated heterocycles. The molecule has 0 saturated carbocycles. The lowest BCUT2D eigenvalue weighted by atomic mass is 10.1. The molecule has 27 heavy (non-hydrogen) atoms. The van der Waals surface area contributed by atoms with Gasteiger partial charge in [0, 0.05) is 23.9 Å². The van der Waals surface area contributed by atoms with Gasteiger partial charge in [-0.1, -0.05) is 12.1 Å². The normalized spacial score (nSPS) is 12.3. The second-order valence-electron chi connectivity index (χ2n) is 6.35. The van der Waals surface area contributed by atoms with Crippen LogP contribution in [-0.2, 0) is 13.2 Å². The number of hydrogen-bond donors (Lipinski definition) is 3. The number of hydroxylamine groups is 2. The molecule has 1 aromatic carbocycles. The molecule has 0 bridgehead atoms. The van der Waals surface area contributed by atoms with Gasteiger partial charge in [-0.15, -0.1) is 5.06 Å². The highest BCUT2D eigenvalue weighted by Gasteiger charge is 2.17. The average molecular weight is 376 g/mol. The Bertz CT molecular complexity index is 738. The molecular formula is C20H28N2O5. The second kappa shape index (κ2) is 10.2. The third-order valence-corrected chi connectivity index (χ3v) is 4.14. The average Bonchev–Trinajstić information content (AvgIpc) is 2.66. The highest BCUT2D eigenvalue weighted by atomic mass is 16.7. The first-order valence-electron chi connectivity index (χ1n) is 8.98. The number of aliphatic hydroxyl groups is 3. The van der Waals surface area contributed by atoms with E-state index in [9.17, 15) is 15.3 Å². The molecule has 0 radical (unpaired) electrons. The molecular weight excluding hydrogens is 348 g/mol. The van der Waals surface area contributed by atoms with Crippen molar-refractivity contribution < 1.29 is 24.9 Å². The quantitative estimate of drug-likeness (QED) is 0.544. The van der Waals surface area contributed by atoms with Crippen molar-refractivity contribution in [2.45, 2.75) is 40.1 Å². The molecule has 7 nitrogen and oxygen atoms in total. The van der Waals surface area contributed by atoms with Gasteiger partial charge in [0.2, 0.25) is 0 Å². The zero-order chi connectivity index (χ0) is 19.8. The Morgan fingerprint density at radius 1 is 1.19 bits per heavy atom. The summed E-state index contributed by atoms with van der Waals surface area (Å²) >= 11 is 0. The first-order valence-corrected chi connectivity index (χ1v) is 8.98. The van der Waals surface area contributed by atoms with Crippen LogP contribution in [0.2, 0.25) is 0 Å². The number of rotatable bonds is 10. The van der Waals surface area contributed by atoms with Gasteiger partial charge in [-0.3, -0.25) is 4.98 Å². The minimum absolute atomic E-state index is 0.0120. The van der Waals surface area contributed by atoms with Crippen molar-refractivity contribution in [1.82, 2.24) is 10.0 Å². The summed E-state index contributed by atoms with van der Waals surface area (Å²) in [5.74, 6) is 1.11. The topological polar surface area (TPSA) is 95.3 Å². The van der Waals surface area contributed by atoms with E-state index in [4.69, 9.17) is 9.57 Å². The molecule has 1 unspecified atom stereocenters. The van der Waals surface area contributed by atoms with Crippen molar-refractivity contribution >= 4 is 0 Å². The maximum atomic E-state index is 10.3. The molecule has 0 aliphatic carbocycles. The summed E-state index contributed by atoms with van der Waals surface area (Å²) in [7, 11) is 0. The third kappa shape index (κ3) is 5.90. The number of pyridine rings is 1. The molecule has 2 aromatic rings. The highest BCUT2D eigenvalue weighted by molar-refractivity contribution is 5.41. The first kappa shape index (κ1) is 21.1. The lowest BCUT2D eigenvalue weighted by Gasteiger charge is -2.24. The van der Waals surface area contributed by atoms with Crippen molar-refractivity contribution in [1.29, 1.82) is 0 Å². The van der Waals surface area contributed by atoms with Crippen LogP contribution >= 0.6 is 0 Å². The molecule has 7 heteroatoms. The van der Waals surface area contributed by atoms with E-state index in [1.54, 1.807) is 12.0 Å². The van der Waals surface area contributed by atoms with Gasteiger partial charge in [-0.2, -0.15) is 0 Å². The lowest BCUT2D eigenvalue weighted by Crippen LogP contribution is -2.37. The first-order chi connectivity index (χ1) is 13.0. The largest absolute Gasteiger partial charge is 0.489 e. The molecule has 1 atom stereocenters. The highest BCUT2D eigenvalue weighted by Crippen LogP contribution is 2.25. The summed E-state index contributed by atoms with van der Waals surface area (Å²) in [4.78, 5) is 9.97. The second-order valence-corrected chi connectivity index (χ2v) is 6.35. The van der Waals surface area contributed by atoms with Gasteiger partial charge in [-0.25, -0.2) is 0 Å². The van der Waals surface area contributed by atoms with Crippen molar-refractivity contribution in [2.75, 3.05) is 19.7 Å². The zero-order valence-electron chi connectivity index (χ0n) is 16.1. The Morgan fingerprint density at radius 2 is 1.96 bits per heavy atom. The molecule has 0 amide bonds. The van der Waals surface area contributed by atoms with Crippen molar-refractivity contribution in [3.8, 4) is 11.5 Å². The van der Waals surface area contributed by atoms with E-state index in [0.717, 1.165) is 5.56 Å². The predicted octanol–water partition coefficient (Wildman–Crippen LogP) is 1.74. The number of aryl methyl sites for hydroxylation is 2. The standard InChI is InChI=1S/C20H28N2O5/c1-4-22(27-18-7-5-6-14(2)8-18)10-17(25)13-26-20-15(3)21-9-16(11-23)19(20)12-24/h5-9,17,23-25H,4,10-13H2,1-3H3. The van der Waals surface area contributed by atoms with E-state index in [-0.39, 0.29) is 26.4 Å². The van der Waals surface area contributed by atoms with Crippen LogP contribution in [0.5, 0.6) is 11.5 Å². The number of likely N-dealkylation sites (N-methyl/N-ethyl adjacent to an activating group) is 1. The SMILES string of the molecule is CCN(CC(O)COc1c(C)ncc(CO)c1CO)Oc1cccc(C)c1. The van der Waals surface area contributed by atoms with Gasteiger partial charge in [0.05, 0.1) is 25.5 Å². The minimum atomic E-state index is -0.807. The van der Waals surface area contributed by atoms with Crippen LogP contribution in [0.25, 0.3) is 0 Å². The van der Waals surface area contributed by atoms with Crippen LogP contribution in [-0.4, -0.2) is 51.2 Å². The number of benzene rings is 1. The fourth-order valence-corrected chi connectivity index (χ4v) is 2.70. The Hall–Kier alpha value is -2.19. The van der Waals surface area contributed by atoms with E-state index >= 15 is 0 Å². The van der Waals surface area contributed by atoms with E-state index in [2.05, 4.69) is 4.98 Å². The fraction of sp³-hybridized carbons (Fsp3) is 0.450. The van der Waals surface area contributed by atoms with Crippen LogP contribution < -0.4 is 9.57 Å². The van der Waals surface area contributed by atoms with Gasteiger partial charge < -0.3 is 24.9 Å². The van der Waals surface area contributed by atoms with Gasteiger partial charge >= 0.3 is 0 Å². The van der Waals surface area contributed by atoms with E-state index < -0.39 is 6.10 Å². The third-order valence-electron chi connectivity index (χ3n) is 4.14. The van der Waals surface area contributed by atoms with Gasteiger partial charge in [0.1, 0.15) is 24.2 Å². The summed E-state index contributed by atoms with van der Waals surface area (Å²) in [6, 6.07) is 7.69. The monoisotopic (exact) mass is 376 g/mol. The number of nitrogens with zero attached hydrogens (tertiary/aromatic N) is 2. The van der Waals surface area contributed by atoms with Crippen molar-refractivity contribution in [2.24, 2.45) is 0 Å². The van der Waals surface area contributed by atoms with Crippen molar-refractivity contribution in [3.05, 3.63) is 52.8 Å². The fourth-order valence-electron chi connectivity index (χ4n) is 2.70. The molecule has 0 aliphatic rings. The number of aromatic nitrogens is 1. The minimum Gasteiger partial charge on any atom is -0.489 e. The number of hydrogen-bond acceptors (Lipinski definition) is 7. The Kier molecular flexibility index (Phi) is 7.99. The summed E-state index contributed by atoms with van der Waals surface area (Å²) in [6.45, 7) is 6.02. The molecule has 0 fully saturated rings. The molecule has 0 aliphatic heterocycles. The smallest absolute Gasteiger partial charge is 0.147 e. The number of ether oxygens (including phenoxy) is 1. The van der Waals surface area contributed by atoms with E-state index in [1.165, 1.54) is 6.20 Å². The predicted molar refractivity (Wildman–Crippen MR) is 101 cm³/mol. The van der Waals surface area contributed by atoms with Crippen LogP contribution in [0, 0.1) is 13.8 Å². The Morgan fingerprint density at radius 3 is 2.59 bits per heavy atom. The number of aliphatic hydroxyl groups excluding tert-OH is 3. The maximum absolute atomic E-state index is 10.3. The van der Waals surface area contributed by atoms with E-state index in [1.807, 2.05) is 38.1 Å². The molecule has 1 aromatic heterocycles. The summed E-state index contributed by atoms with van der Waals surface area (Å²) in [5.41, 5.74) is 2.67. The van der Waals surface area contributed by atoms with Gasteiger partial charge in [0.25, 0.3) is 0 Å². The lowest BCUT2D eigenvalue weighted by molar-refractivity contribution is -0.0860. The summed E-state index contributed by atoms with van der Waals surface area (Å²) < 4.78 is 5.71. The molecule has 3 N–H and O–H groups in total. The molecule has 2 rings (SSSR count). The Balaban J connectivity index is 1.98. The van der Waals surface area contributed by atoms with Crippen LogP contribution in [0.3, 0.4) is 0 Å². The van der Waals surface area contributed by atoms with Crippen LogP contribution in [0.4, 0.5) is 0 Å². The van der Waals surface area contributed by atoms with Gasteiger partial charge in [0.15, 0.2) is 0 Å². The molecule has 0 spiro atoms. The summed E-state index contributed by atoms with van der Waals surface area (Å²) in [5, 5.41) is 31.0. The van der Waals surface area contributed by atoms with Gasteiger partial charge in [-0.05, 0) is 38.5 Å². The summed E-state index contributed by atoms with van der Waals surface area (Å²) in [6.07, 6.45) is 0.706. The maximum Gasteiger partial charge on any atom is 0.147 e. The van der Waals surface area contributed by atoms with Crippen molar-refractivity contribution in [3.63, 3.8) is 0 Å². The molecule has 148 valence electrons.